The van der Waals surface area contributed by atoms with Gasteiger partial charge in [-0.15, -0.1) is 0 Å². The summed E-state index contributed by atoms with van der Waals surface area (Å²) in [5.74, 6) is 0.138. The van der Waals surface area contributed by atoms with Crippen LogP contribution in [-0.4, -0.2) is 18.8 Å². The quantitative estimate of drug-likeness (QED) is 0.870. The Morgan fingerprint density at radius 2 is 1.80 bits per heavy atom. The third-order valence-corrected chi connectivity index (χ3v) is 4.52. The highest BCUT2D eigenvalue weighted by Crippen LogP contribution is 2.32. The van der Waals surface area contributed by atoms with Gasteiger partial charge in [0, 0.05) is 18.9 Å². The Hall–Kier alpha value is -0.890. The van der Waals surface area contributed by atoms with E-state index in [1.807, 2.05) is 0 Å². The minimum Gasteiger partial charge on any atom is -0.316 e. The largest absolute Gasteiger partial charge is 0.316 e. The van der Waals surface area contributed by atoms with Gasteiger partial charge in [-0.1, -0.05) is 45.0 Å². The highest BCUT2D eigenvalue weighted by atomic mass is 19.1. The number of halogens is 1. The number of alkyl halides is 1. The molecule has 20 heavy (non-hydrogen) atoms. The Morgan fingerprint density at radius 3 is 2.30 bits per heavy atom. The maximum absolute atomic E-state index is 15.0. The summed E-state index contributed by atoms with van der Waals surface area (Å²) in [5, 5.41) is 3.32. The Labute approximate surface area is 123 Å². The molecule has 1 heterocycles. The lowest BCUT2D eigenvalue weighted by atomic mass is 9.80. The summed E-state index contributed by atoms with van der Waals surface area (Å²) in [4.78, 5) is 0. The summed E-state index contributed by atoms with van der Waals surface area (Å²) >= 11 is 0. The molecule has 2 unspecified atom stereocenters. The first-order chi connectivity index (χ1) is 9.29. The number of piperidine rings is 1. The maximum Gasteiger partial charge on any atom is 0.116 e. The molecule has 0 spiro atoms. The summed E-state index contributed by atoms with van der Waals surface area (Å²) in [7, 11) is 0. The Kier molecular flexibility index (Phi) is 4.53. The van der Waals surface area contributed by atoms with Gasteiger partial charge in [0.05, 0.1) is 0 Å². The van der Waals surface area contributed by atoms with E-state index in [0.29, 0.717) is 6.42 Å². The molecule has 1 aliphatic rings. The molecule has 1 aromatic carbocycles. The Morgan fingerprint density at radius 1 is 1.15 bits per heavy atom. The van der Waals surface area contributed by atoms with Gasteiger partial charge in [0.25, 0.3) is 0 Å². The zero-order valence-electron chi connectivity index (χ0n) is 13.3. The molecular weight excluding hydrogens is 249 g/mol. The van der Waals surface area contributed by atoms with Gasteiger partial charge < -0.3 is 5.32 Å². The Balaban J connectivity index is 2.05. The minimum absolute atomic E-state index is 0.138. The van der Waals surface area contributed by atoms with Crippen LogP contribution < -0.4 is 5.32 Å². The van der Waals surface area contributed by atoms with E-state index in [4.69, 9.17) is 0 Å². The molecule has 1 saturated heterocycles. The second-order valence-corrected chi connectivity index (χ2v) is 7.45. The van der Waals surface area contributed by atoms with Crippen LogP contribution >= 0.6 is 0 Å². The molecule has 0 bridgehead atoms. The van der Waals surface area contributed by atoms with Crippen molar-refractivity contribution in [3.05, 3.63) is 35.4 Å². The van der Waals surface area contributed by atoms with Gasteiger partial charge in [0.1, 0.15) is 5.67 Å². The smallest absolute Gasteiger partial charge is 0.116 e. The van der Waals surface area contributed by atoms with Crippen molar-refractivity contribution < 1.29 is 4.39 Å². The number of hydrogen-bond acceptors (Lipinski definition) is 1. The highest BCUT2D eigenvalue weighted by Gasteiger charge is 2.35. The van der Waals surface area contributed by atoms with Crippen molar-refractivity contribution in [3.8, 4) is 0 Å². The van der Waals surface area contributed by atoms with Crippen LogP contribution in [0.5, 0.6) is 0 Å². The third kappa shape index (κ3) is 3.82. The average molecular weight is 277 g/mol. The van der Waals surface area contributed by atoms with Gasteiger partial charge >= 0.3 is 0 Å². The lowest BCUT2D eigenvalue weighted by Crippen LogP contribution is -2.42. The van der Waals surface area contributed by atoms with Crippen molar-refractivity contribution in [1.82, 2.24) is 5.32 Å². The summed E-state index contributed by atoms with van der Waals surface area (Å²) in [6, 6.07) is 8.47. The van der Waals surface area contributed by atoms with E-state index >= 15 is 0 Å². The molecule has 0 amide bonds. The molecular formula is C18H28FN. The van der Waals surface area contributed by atoms with Gasteiger partial charge in [0.2, 0.25) is 0 Å². The standard InChI is InChI=1S/C18H28FN/c1-17(2,3)15-9-7-14(8-10-15)12-18(4,19)16-6-5-11-20-13-16/h7-10,16,20H,5-6,11-13H2,1-4H3. The van der Waals surface area contributed by atoms with Gasteiger partial charge in [-0.3, -0.25) is 0 Å². The lowest BCUT2D eigenvalue weighted by Gasteiger charge is -2.34. The summed E-state index contributed by atoms with van der Waals surface area (Å²) in [6.45, 7) is 10.2. The average Bonchev–Trinajstić information content (AvgIpc) is 2.39. The van der Waals surface area contributed by atoms with Crippen LogP contribution in [-0.2, 0) is 11.8 Å². The highest BCUT2D eigenvalue weighted by molar-refractivity contribution is 5.28. The zero-order valence-corrected chi connectivity index (χ0v) is 13.3. The molecule has 2 rings (SSSR count). The van der Waals surface area contributed by atoms with Crippen molar-refractivity contribution in [1.29, 1.82) is 0 Å². The summed E-state index contributed by atoms with van der Waals surface area (Å²) in [5.41, 5.74) is 1.45. The number of benzene rings is 1. The summed E-state index contributed by atoms with van der Waals surface area (Å²) < 4.78 is 15.0. The van der Waals surface area contributed by atoms with E-state index in [1.54, 1.807) is 6.92 Å². The number of nitrogens with one attached hydrogen (secondary N) is 1. The number of hydrogen-bond donors (Lipinski definition) is 1. The molecule has 0 aliphatic carbocycles. The third-order valence-electron chi connectivity index (χ3n) is 4.52. The first-order valence-corrected chi connectivity index (χ1v) is 7.78. The molecule has 1 N–H and O–H groups in total. The van der Waals surface area contributed by atoms with Crippen molar-refractivity contribution in [3.63, 3.8) is 0 Å². The maximum atomic E-state index is 15.0. The van der Waals surface area contributed by atoms with Crippen molar-refractivity contribution in [2.45, 2.75) is 58.0 Å². The van der Waals surface area contributed by atoms with Crippen molar-refractivity contribution >= 4 is 0 Å². The first kappa shape index (κ1) is 15.5. The van der Waals surface area contributed by atoms with E-state index in [1.165, 1.54) is 5.56 Å². The molecule has 1 aliphatic heterocycles. The van der Waals surface area contributed by atoms with Gasteiger partial charge in [-0.25, -0.2) is 4.39 Å². The molecule has 1 fully saturated rings. The monoisotopic (exact) mass is 277 g/mol. The van der Waals surface area contributed by atoms with Crippen molar-refractivity contribution in [2.24, 2.45) is 5.92 Å². The summed E-state index contributed by atoms with van der Waals surface area (Å²) in [6.07, 6.45) is 2.61. The first-order valence-electron chi connectivity index (χ1n) is 7.78. The van der Waals surface area contributed by atoms with Crippen LogP contribution in [0.15, 0.2) is 24.3 Å². The van der Waals surface area contributed by atoms with Gasteiger partial charge in [0.15, 0.2) is 0 Å². The minimum atomic E-state index is -1.11. The van der Waals surface area contributed by atoms with Crippen LogP contribution in [0, 0.1) is 5.92 Å². The van der Waals surface area contributed by atoms with Crippen LogP contribution in [0.25, 0.3) is 0 Å². The fraction of sp³-hybridized carbons (Fsp3) is 0.667. The second kappa shape index (κ2) is 5.85. The normalized spacial score (nSPS) is 23.4. The molecule has 0 radical (unpaired) electrons. The van der Waals surface area contributed by atoms with Gasteiger partial charge in [-0.05, 0) is 42.9 Å². The Bertz CT molecular complexity index is 422. The zero-order chi connectivity index (χ0) is 14.8. The SMILES string of the molecule is CC(C)(C)c1ccc(CC(C)(F)C2CCCNC2)cc1. The molecule has 2 atom stereocenters. The van der Waals surface area contributed by atoms with E-state index < -0.39 is 5.67 Å². The predicted molar refractivity (Wildman–Crippen MR) is 84.0 cm³/mol. The fourth-order valence-corrected chi connectivity index (χ4v) is 3.03. The molecule has 112 valence electrons. The van der Waals surface area contributed by atoms with E-state index in [-0.39, 0.29) is 11.3 Å². The molecule has 0 saturated carbocycles. The van der Waals surface area contributed by atoms with Crippen LogP contribution in [0.3, 0.4) is 0 Å². The molecule has 1 nitrogen and oxygen atoms in total. The molecule has 2 heteroatoms. The van der Waals surface area contributed by atoms with Crippen LogP contribution in [0.4, 0.5) is 4.39 Å². The fourth-order valence-electron chi connectivity index (χ4n) is 3.03. The van der Waals surface area contributed by atoms with E-state index in [9.17, 15) is 4.39 Å². The van der Waals surface area contributed by atoms with Crippen molar-refractivity contribution in [2.75, 3.05) is 13.1 Å². The molecule has 0 aromatic heterocycles. The van der Waals surface area contributed by atoms with Crippen LogP contribution in [0.1, 0.15) is 51.7 Å². The number of rotatable bonds is 3. The second-order valence-electron chi connectivity index (χ2n) is 7.45. The lowest BCUT2D eigenvalue weighted by molar-refractivity contribution is 0.0833. The molecule has 1 aromatic rings. The van der Waals surface area contributed by atoms with Crippen LogP contribution in [0.2, 0.25) is 0 Å². The van der Waals surface area contributed by atoms with E-state index in [2.05, 4.69) is 50.4 Å². The predicted octanol–water partition coefficient (Wildman–Crippen LogP) is 4.25. The topological polar surface area (TPSA) is 12.0 Å². The van der Waals surface area contributed by atoms with E-state index in [0.717, 1.165) is 31.5 Å². The van der Waals surface area contributed by atoms with Gasteiger partial charge in [-0.2, -0.15) is 0 Å².